The van der Waals surface area contributed by atoms with Crippen LogP contribution in [-0.4, -0.2) is 22.4 Å². The number of hydrogen-bond acceptors (Lipinski definition) is 4. The summed E-state index contributed by atoms with van der Waals surface area (Å²) in [7, 11) is 0. The van der Waals surface area contributed by atoms with Crippen LogP contribution >= 0.6 is 12.2 Å². The van der Waals surface area contributed by atoms with Crippen molar-refractivity contribution in [2.24, 2.45) is 5.92 Å². The molecule has 4 rings (SSSR count). The van der Waals surface area contributed by atoms with Crippen LogP contribution in [0.5, 0.6) is 0 Å². The standard InChI is InChI=1S/C16H21N3O2S/c22-16-19(17-15(21-16)14-8-4-10-20-14)11-18-9-3-6-12-5-1-2-7-13(12)18/h4,8,10,12-13H,1-3,5-7,9,11H2/p+1/t12-,13-/m0/s1. The van der Waals surface area contributed by atoms with Gasteiger partial charge in [-0.05, 0) is 56.5 Å². The number of aromatic nitrogens is 2. The molecule has 3 heterocycles. The molecule has 5 nitrogen and oxygen atoms in total. The first-order chi connectivity index (χ1) is 10.8. The van der Waals surface area contributed by atoms with E-state index in [4.69, 9.17) is 21.1 Å². The summed E-state index contributed by atoms with van der Waals surface area (Å²) in [6, 6.07) is 4.44. The Morgan fingerprint density at radius 1 is 1.27 bits per heavy atom. The zero-order chi connectivity index (χ0) is 14.9. The number of rotatable bonds is 3. The van der Waals surface area contributed by atoms with Crippen molar-refractivity contribution >= 4 is 12.2 Å². The van der Waals surface area contributed by atoms with E-state index in [2.05, 4.69) is 5.10 Å². The summed E-state index contributed by atoms with van der Waals surface area (Å²) in [6.07, 6.45) is 9.84. The van der Waals surface area contributed by atoms with Gasteiger partial charge < -0.3 is 13.7 Å². The normalized spacial score (nSPS) is 28.5. The van der Waals surface area contributed by atoms with Gasteiger partial charge in [-0.15, -0.1) is 5.10 Å². The van der Waals surface area contributed by atoms with Gasteiger partial charge in [-0.25, -0.2) is 0 Å². The van der Waals surface area contributed by atoms with Crippen LogP contribution in [0.15, 0.2) is 27.2 Å². The SMILES string of the molecule is S=c1oc(-c2ccco2)nn1C[NH+]1CCC[C@@H]2CCCC[C@@H]21. The summed E-state index contributed by atoms with van der Waals surface area (Å²) in [5.41, 5.74) is 0. The molecule has 0 bridgehead atoms. The maximum absolute atomic E-state index is 5.60. The third kappa shape index (κ3) is 2.65. The van der Waals surface area contributed by atoms with Crippen LogP contribution in [0.25, 0.3) is 11.7 Å². The second kappa shape index (κ2) is 6.01. The van der Waals surface area contributed by atoms with Crippen molar-refractivity contribution in [3.05, 3.63) is 23.2 Å². The molecule has 2 aliphatic rings. The van der Waals surface area contributed by atoms with Crippen molar-refractivity contribution in [2.45, 2.75) is 51.2 Å². The minimum Gasteiger partial charge on any atom is -0.459 e. The largest absolute Gasteiger partial charge is 0.459 e. The number of quaternary nitrogens is 1. The van der Waals surface area contributed by atoms with E-state index in [-0.39, 0.29) is 0 Å². The van der Waals surface area contributed by atoms with Gasteiger partial charge in [0.2, 0.25) is 0 Å². The Hall–Kier alpha value is -1.40. The zero-order valence-corrected chi connectivity index (χ0v) is 13.5. The molecule has 1 aliphatic carbocycles. The van der Waals surface area contributed by atoms with Gasteiger partial charge in [0, 0.05) is 5.92 Å². The topological polar surface area (TPSA) is 48.5 Å². The van der Waals surface area contributed by atoms with E-state index in [1.807, 2.05) is 16.8 Å². The van der Waals surface area contributed by atoms with Crippen LogP contribution in [0.1, 0.15) is 38.5 Å². The predicted octanol–water partition coefficient (Wildman–Crippen LogP) is 2.66. The number of nitrogens with one attached hydrogen (secondary N) is 1. The first kappa shape index (κ1) is 14.2. The molecule has 1 saturated carbocycles. The molecule has 1 aliphatic heterocycles. The average Bonchev–Trinajstić information content (AvgIpc) is 3.18. The highest BCUT2D eigenvalue weighted by Crippen LogP contribution is 2.28. The van der Waals surface area contributed by atoms with Gasteiger partial charge in [0.05, 0.1) is 18.8 Å². The molecular formula is C16H22N3O2S+. The van der Waals surface area contributed by atoms with Crippen LogP contribution in [-0.2, 0) is 6.67 Å². The Morgan fingerprint density at radius 3 is 3.00 bits per heavy atom. The van der Waals surface area contributed by atoms with Crippen LogP contribution in [0.3, 0.4) is 0 Å². The Morgan fingerprint density at radius 2 is 2.14 bits per heavy atom. The lowest BCUT2D eigenvalue weighted by Crippen LogP contribution is -3.17. The van der Waals surface area contributed by atoms with Gasteiger partial charge in [0.15, 0.2) is 12.4 Å². The van der Waals surface area contributed by atoms with Gasteiger partial charge in [-0.3, -0.25) is 0 Å². The van der Waals surface area contributed by atoms with Crippen molar-refractivity contribution < 1.29 is 13.7 Å². The number of piperidine rings is 1. The zero-order valence-electron chi connectivity index (χ0n) is 12.7. The van der Waals surface area contributed by atoms with E-state index < -0.39 is 0 Å². The van der Waals surface area contributed by atoms with Crippen LogP contribution in [0.4, 0.5) is 0 Å². The van der Waals surface area contributed by atoms with E-state index in [1.54, 1.807) is 11.2 Å². The molecule has 0 radical (unpaired) electrons. The molecule has 0 aromatic carbocycles. The third-order valence-corrected chi connectivity index (χ3v) is 5.49. The number of furan rings is 1. The van der Waals surface area contributed by atoms with E-state index in [9.17, 15) is 0 Å². The van der Waals surface area contributed by atoms with E-state index in [0.717, 1.165) is 18.6 Å². The number of nitrogens with zero attached hydrogens (tertiary/aromatic N) is 2. The van der Waals surface area contributed by atoms with Gasteiger partial charge >= 0.3 is 0 Å². The predicted molar refractivity (Wildman–Crippen MR) is 83.8 cm³/mol. The number of fused-ring (bicyclic) bond motifs is 1. The Labute approximate surface area is 134 Å². The van der Waals surface area contributed by atoms with Crippen molar-refractivity contribution in [2.75, 3.05) is 6.54 Å². The fourth-order valence-electron chi connectivity index (χ4n) is 4.16. The first-order valence-electron chi connectivity index (χ1n) is 8.27. The van der Waals surface area contributed by atoms with Gasteiger partial charge in [-0.2, -0.15) is 4.68 Å². The third-order valence-electron chi connectivity index (χ3n) is 5.20. The maximum atomic E-state index is 5.60. The van der Waals surface area contributed by atoms with Gasteiger partial charge in [0.1, 0.15) is 0 Å². The highest BCUT2D eigenvalue weighted by Gasteiger charge is 2.36. The molecule has 22 heavy (non-hydrogen) atoms. The summed E-state index contributed by atoms with van der Waals surface area (Å²) in [4.78, 5) is 2.06. The maximum Gasteiger partial charge on any atom is 0.292 e. The van der Waals surface area contributed by atoms with Crippen molar-refractivity contribution in [1.29, 1.82) is 0 Å². The van der Waals surface area contributed by atoms with Crippen molar-refractivity contribution in [3.8, 4) is 11.7 Å². The lowest BCUT2D eigenvalue weighted by molar-refractivity contribution is -0.958. The van der Waals surface area contributed by atoms with Crippen LogP contribution in [0.2, 0.25) is 0 Å². The van der Waals surface area contributed by atoms with Gasteiger partial charge in [-0.1, -0.05) is 6.42 Å². The monoisotopic (exact) mass is 320 g/mol. The van der Waals surface area contributed by atoms with Crippen LogP contribution < -0.4 is 4.90 Å². The highest BCUT2D eigenvalue weighted by molar-refractivity contribution is 7.71. The van der Waals surface area contributed by atoms with E-state index in [0.29, 0.717) is 16.5 Å². The first-order valence-corrected chi connectivity index (χ1v) is 8.68. The molecular weight excluding hydrogens is 298 g/mol. The molecule has 0 spiro atoms. The summed E-state index contributed by atoms with van der Waals surface area (Å²) in [5.74, 6) is 2.00. The minimum absolute atomic E-state index is 0.442. The molecule has 1 N–H and O–H groups in total. The molecule has 118 valence electrons. The van der Waals surface area contributed by atoms with Crippen LogP contribution in [0, 0.1) is 10.8 Å². The molecule has 6 heteroatoms. The highest BCUT2D eigenvalue weighted by atomic mass is 32.1. The van der Waals surface area contributed by atoms with E-state index >= 15 is 0 Å². The fraction of sp³-hybridized carbons (Fsp3) is 0.625. The van der Waals surface area contributed by atoms with Crippen molar-refractivity contribution in [1.82, 2.24) is 9.78 Å². The molecule has 0 amide bonds. The smallest absolute Gasteiger partial charge is 0.292 e. The lowest BCUT2D eigenvalue weighted by atomic mass is 9.78. The Balaban J connectivity index is 1.54. The lowest BCUT2D eigenvalue weighted by Gasteiger charge is -2.40. The summed E-state index contributed by atoms with van der Waals surface area (Å²) < 4.78 is 12.8. The number of likely N-dealkylation sites (tertiary alicyclic amines) is 1. The minimum atomic E-state index is 0.442. The second-order valence-corrected chi connectivity index (χ2v) is 6.86. The quantitative estimate of drug-likeness (QED) is 0.883. The van der Waals surface area contributed by atoms with Gasteiger partial charge in [0.25, 0.3) is 10.7 Å². The molecule has 1 unspecified atom stereocenters. The van der Waals surface area contributed by atoms with Crippen molar-refractivity contribution in [3.63, 3.8) is 0 Å². The average molecular weight is 320 g/mol. The Bertz CT molecular complexity index is 674. The summed E-state index contributed by atoms with van der Waals surface area (Å²) in [5, 5.41) is 4.52. The van der Waals surface area contributed by atoms with E-state index in [1.165, 1.54) is 45.1 Å². The second-order valence-electron chi connectivity index (χ2n) is 6.51. The molecule has 1 saturated heterocycles. The molecule has 2 aromatic heterocycles. The fourth-order valence-corrected chi connectivity index (χ4v) is 4.35. The molecule has 2 aromatic rings. The summed E-state index contributed by atoms with van der Waals surface area (Å²) >= 11 is 5.34. The Kier molecular flexibility index (Phi) is 3.88. The number of hydrogen-bond donors (Lipinski definition) is 1. The summed E-state index contributed by atoms with van der Waals surface area (Å²) in [6.45, 7) is 2.02. The molecule has 3 atom stereocenters. The molecule has 2 fully saturated rings.